The minimum absolute atomic E-state index is 0.338. The summed E-state index contributed by atoms with van der Waals surface area (Å²) in [5.74, 6) is 1.61. The Balaban J connectivity index is 1.72. The lowest BCUT2D eigenvalue weighted by molar-refractivity contribution is -0.0682. The second-order valence-corrected chi connectivity index (χ2v) is 6.48. The summed E-state index contributed by atoms with van der Waals surface area (Å²) in [6, 6.07) is 6.04. The molecule has 1 fully saturated rings. The van der Waals surface area contributed by atoms with E-state index in [0.717, 1.165) is 56.1 Å². The molecular weight excluding hydrogens is 302 g/mol. The van der Waals surface area contributed by atoms with Crippen LogP contribution in [-0.2, 0) is 4.74 Å². The third-order valence-corrected chi connectivity index (χ3v) is 4.17. The molecule has 4 heteroatoms. The van der Waals surface area contributed by atoms with Crippen molar-refractivity contribution in [3.05, 3.63) is 29.8 Å². The van der Waals surface area contributed by atoms with E-state index in [1.165, 1.54) is 0 Å². The number of nitrogens with zero attached hydrogens (tertiary/aromatic N) is 1. The van der Waals surface area contributed by atoms with Crippen LogP contribution in [0.1, 0.15) is 39.2 Å². The van der Waals surface area contributed by atoms with Crippen molar-refractivity contribution in [2.24, 2.45) is 0 Å². The minimum Gasteiger partial charge on any atom is -0.493 e. The summed E-state index contributed by atoms with van der Waals surface area (Å²) in [6.07, 6.45) is 6.92. The van der Waals surface area contributed by atoms with Gasteiger partial charge in [0.05, 0.1) is 25.9 Å². The Bertz CT molecular complexity index is 520. The molecule has 4 nitrogen and oxygen atoms in total. The first-order valence-electron chi connectivity index (χ1n) is 8.93. The van der Waals surface area contributed by atoms with Crippen LogP contribution in [0, 0.1) is 0 Å². The number of unbranched alkanes of at least 4 members (excludes halogenated alkanes) is 1. The Morgan fingerprint density at radius 3 is 2.58 bits per heavy atom. The number of methoxy groups -OCH3 is 1. The average molecular weight is 333 g/mol. The van der Waals surface area contributed by atoms with Gasteiger partial charge in [0.1, 0.15) is 0 Å². The molecule has 134 valence electrons. The van der Waals surface area contributed by atoms with Gasteiger partial charge in [0.2, 0.25) is 0 Å². The molecule has 1 aromatic rings. The van der Waals surface area contributed by atoms with Crippen molar-refractivity contribution >= 4 is 6.08 Å². The van der Waals surface area contributed by atoms with Gasteiger partial charge in [0.15, 0.2) is 11.5 Å². The van der Waals surface area contributed by atoms with Gasteiger partial charge in [0, 0.05) is 13.1 Å². The highest BCUT2D eigenvalue weighted by Crippen LogP contribution is 2.28. The van der Waals surface area contributed by atoms with E-state index in [1.807, 2.05) is 31.2 Å². The first kappa shape index (κ1) is 18.8. The summed E-state index contributed by atoms with van der Waals surface area (Å²) in [6.45, 7) is 10.2. The smallest absolute Gasteiger partial charge is 0.161 e. The van der Waals surface area contributed by atoms with Crippen LogP contribution >= 0.6 is 0 Å². The lowest BCUT2D eigenvalue weighted by atomic mass is 10.2. The second kappa shape index (κ2) is 9.70. The van der Waals surface area contributed by atoms with Crippen LogP contribution in [-0.4, -0.2) is 50.5 Å². The molecule has 2 rings (SSSR count). The summed E-state index contributed by atoms with van der Waals surface area (Å²) in [5.41, 5.74) is 1.12. The van der Waals surface area contributed by atoms with Crippen LogP contribution in [0.4, 0.5) is 0 Å². The standard InChI is InChI=1S/C20H31NO3/c1-5-8-18-9-10-19(20(13-18)22-4)23-12-7-6-11-21-14-16(2)24-17(3)15-21/h5,8-10,13,16-17H,6-7,11-12,14-15H2,1-4H3/b8-5+/t16-,17-/m0/s1. The molecule has 0 saturated carbocycles. The van der Waals surface area contributed by atoms with E-state index in [-0.39, 0.29) is 0 Å². The van der Waals surface area contributed by atoms with Gasteiger partial charge < -0.3 is 14.2 Å². The van der Waals surface area contributed by atoms with Crippen LogP contribution in [0.25, 0.3) is 6.08 Å². The molecule has 0 aromatic heterocycles. The molecule has 0 bridgehead atoms. The largest absolute Gasteiger partial charge is 0.493 e. The molecule has 1 aliphatic rings. The minimum atomic E-state index is 0.338. The van der Waals surface area contributed by atoms with E-state index in [9.17, 15) is 0 Å². The number of hydrogen-bond acceptors (Lipinski definition) is 4. The van der Waals surface area contributed by atoms with Gasteiger partial charge >= 0.3 is 0 Å². The number of ether oxygens (including phenoxy) is 3. The van der Waals surface area contributed by atoms with E-state index in [1.54, 1.807) is 7.11 Å². The zero-order chi connectivity index (χ0) is 17.4. The lowest BCUT2D eigenvalue weighted by Crippen LogP contribution is -2.45. The summed E-state index contributed by atoms with van der Waals surface area (Å²) in [5, 5.41) is 0. The van der Waals surface area contributed by atoms with Crippen molar-refractivity contribution in [2.45, 2.75) is 45.8 Å². The average Bonchev–Trinajstić information content (AvgIpc) is 2.55. The number of allylic oxidation sites excluding steroid dienone is 1. The van der Waals surface area contributed by atoms with Gasteiger partial charge in [-0.05, 0) is 57.9 Å². The summed E-state index contributed by atoms with van der Waals surface area (Å²) < 4.78 is 17.1. The SMILES string of the molecule is C/C=C/c1ccc(OCCCCN2C[C@H](C)O[C@@H](C)C2)c(OC)c1. The van der Waals surface area contributed by atoms with Gasteiger partial charge in [0.25, 0.3) is 0 Å². The molecule has 0 unspecified atom stereocenters. The quantitative estimate of drug-likeness (QED) is 0.673. The van der Waals surface area contributed by atoms with Crippen molar-refractivity contribution in [1.82, 2.24) is 4.90 Å². The first-order valence-corrected chi connectivity index (χ1v) is 8.93. The molecule has 0 spiro atoms. The fraction of sp³-hybridized carbons (Fsp3) is 0.600. The predicted octanol–water partition coefficient (Wildman–Crippen LogP) is 4.00. The second-order valence-electron chi connectivity index (χ2n) is 6.48. The summed E-state index contributed by atoms with van der Waals surface area (Å²) >= 11 is 0. The molecular formula is C20H31NO3. The van der Waals surface area contributed by atoms with E-state index >= 15 is 0 Å². The van der Waals surface area contributed by atoms with Crippen LogP contribution < -0.4 is 9.47 Å². The molecule has 1 heterocycles. The zero-order valence-electron chi connectivity index (χ0n) is 15.5. The van der Waals surface area contributed by atoms with E-state index in [4.69, 9.17) is 14.2 Å². The summed E-state index contributed by atoms with van der Waals surface area (Å²) in [7, 11) is 1.68. The van der Waals surface area contributed by atoms with Crippen LogP contribution in [0.3, 0.4) is 0 Å². The molecule has 24 heavy (non-hydrogen) atoms. The van der Waals surface area contributed by atoms with Crippen LogP contribution in [0.5, 0.6) is 11.5 Å². The number of rotatable bonds is 8. The zero-order valence-corrected chi connectivity index (χ0v) is 15.5. The fourth-order valence-electron chi connectivity index (χ4n) is 3.19. The molecule has 0 radical (unpaired) electrons. The Kier molecular flexibility index (Phi) is 7.60. The Hall–Kier alpha value is -1.52. The van der Waals surface area contributed by atoms with E-state index < -0.39 is 0 Å². The lowest BCUT2D eigenvalue weighted by Gasteiger charge is -2.35. The number of morpholine rings is 1. The van der Waals surface area contributed by atoms with Crippen molar-refractivity contribution in [3.63, 3.8) is 0 Å². The molecule has 0 N–H and O–H groups in total. The third kappa shape index (κ3) is 5.84. The van der Waals surface area contributed by atoms with E-state index in [0.29, 0.717) is 12.2 Å². The molecule has 1 aliphatic heterocycles. The van der Waals surface area contributed by atoms with Crippen molar-refractivity contribution in [3.8, 4) is 11.5 Å². The van der Waals surface area contributed by atoms with Gasteiger partial charge in [-0.1, -0.05) is 18.2 Å². The molecule has 1 saturated heterocycles. The number of hydrogen-bond donors (Lipinski definition) is 0. The van der Waals surface area contributed by atoms with Crippen LogP contribution in [0.2, 0.25) is 0 Å². The molecule has 1 aromatic carbocycles. The molecule has 2 atom stereocenters. The van der Waals surface area contributed by atoms with Crippen LogP contribution in [0.15, 0.2) is 24.3 Å². The maximum Gasteiger partial charge on any atom is 0.161 e. The van der Waals surface area contributed by atoms with Gasteiger partial charge in [-0.25, -0.2) is 0 Å². The highest BCUT2D eigenvalue weighted by atomic mass is 16.5. The Labute approximate surface area is 146 Å². The highest BCUT2D eigenvalue weighted by molar-refractivity contribution is 5.55. The van der Waals surface area contributed by atoms with Crippen molar-refractivity contribution < 1.29 is 14.2 Å². The first-order chi connectivity index (χ1) is 11.6. The molecule has 0 amide bonds. The Morgan fingerprint density at radius 2 is 1.92 bits per heavy atom. The normalized spacial score (nSPS) is 22.0. The molecule has 0 aliphatic carbocycles. The summed E-state index contributed by atoms with van der Waals surface area (Å²) in [4.78, 5) is 2.49. The predicted molar refractivity (Wildman–Crippen MR) is 98.9 cm³/mol. The van der Waals surface area contributed by atoms with E-state index in [2.05, 4.69) is 24.8 Å². The maximum atomic E-state index is 5.90. The van der Waals surface area contributed by atoms with Gasteiger partial charge in [-0.2, -0.15) is 0 Å². The van der Waals surface area contributed by atoms with Crippen molar-refractivity contribution in [2.75, 3.05) is 33.4 Å². The Morgan fingerprint density at radius 1 is 1.17 bits per heavy atom. The number of benzene rings is 1. The topological polar surface area (TPSA) is 30.9 Å². The van der Waals surface area contributed by atoms with Crippen molar-refractivity contribution in [1.29, 1.82) is 0 Å². The third-order valence-electron chi connectivity index (χ3n) is 4.17. The van der Waals surface area contributed by atoms with Gasteiger partial charge in [-0.3, -0.25) is 4.90 Å². The monoisotopic (exact) mass is 333 g/mol. The van der Waals surface area contributed by atoms with Gasteiger partial charge in [-0.15, -0.1) is 0 Å². The maximum absolute atomic E-state index is 5.90. The highest BCUT2D eigenvalue weighted by Gasteiger charge is 2.21. The fourth-order valence-corrected chi connectivity index (χ4v) is 3.19.